The predicted octanol–water partition coefficient (Wildman–Crippen LogP) is 1.70. The molecule has 0 aromatic carbocycles. The van der Waals surface area contributed by atoms with E-state index in [1.807, 2.05) is 25.3 Å². The molecule has 0 amide bonds. The number of nitrogens with zero attached hydrogens (tertiary/aromatic N) is 3. The Kier molecular flexibility index (Phi) is 4.66. The maximum Gasteiger partial charge on any atom is 0.293 e. The largest absolute Gasteiger partial charge is 0.365 e. The van der Waals surface area contributed by atoms with Crippen molar-refractivity contribution in [1.82, 2.24) is 14.5 Å². The molecule has 2 heterocycles. The van der Waals surface area contributed by atoms with E-state index >= 15 is 0 Å². The lowest BCUT2D eigenvalue weighted by atomic mass is 10.2. The van der Waals surface area contributed by atoms with Gasteiger partial charge in [0.2, 0.25) is 0 Å². The zero-order valence-electron chi connectivity index (χ0n) is 11.0. The third-order valence-corrected chi connectivity index (χ3v) is 2.81. The molecule has 0 fully saturated rings. The molecule has 1 N–H and O–H groups in total. The van der Waals surface area contributed by atoms with Crippen LogP contribution in [0.1, 0.15) is 18.9 Å². The van der Waals surface area contributed by atoms with E-state index in [0.29, 0.717) is 12.4 Å². The Labute approximate surface area is 112 Å². The van der Waals surface area contributed by atoms with Gasteiger partial charge >= 0.3 is 0 Å². The molecule has 2 aromatic rings. The number of rotatable bonds is 6. The minimum absolute atomic E-state index is 0.0597. The van der Waals surface area contributed by atoms with Crippen LogP contribution >= 0.6 is 0 Å². The Balaban J connectivity index is 1.96. The third kappa shape index (κ3) is 3.64. The first kappa shape index (κ1) is 13.3. The molecule has 5 heteroatoms. The minimum atomic E-state index is -0.0597. The Morgan fingerprint density at radius 3 is 3.00 bits per heavy atom. The Hall–Kier alpha value is -2.17. The summed E-state index contributed by atoms with van der Waals surface area (Å²) in [6.07, 6.45) is 8.70. The van der Waals surface area contributed by atoms with E-state index in [0.717, 1.165) is 24.9 Å². The SMILES string of the molecule is CCCn1ccnc(NCCc2cccnc2)c1=O. The number of nitrogens with one attached hydrogen (secondary N) is 1. The van der Waals surface area contributed by atoms with Crippen LogP contribution in [0, 0.1) is 0 Å². The Morgan fingerprint density at radius 1 is 1.37 bits per heavy atom. The van der Waals surface area contributed by atoms with Crippen LogP contribution in [0.3, 0.4) is 0 Å². The molecule has 2 aromatic heterocycles. The highest BCUT2D eigenvalue weighted by atomic mass is 16.1. The van der Waals surface area contributed by atoms with Gasteiger partial charge < -0.3 is 9.88 Å². The van der Waals surface area contributed by atoms with Crippen molar-refractivity contribution in [1.29, 1.82) is 0 Å². The Bertz CT molecular complexity index is 565. The third-order valence-electron chi connectivity index (χ3n) is 2.81. The lowest BCUT2D eigenvalue weighted by Crippen LogP contribution is -2.25. The molecule has 100 valence electrons. The summed E-state index contributed by atoms with van der Waals surface area (Å²) in [5, 5.41) is 3.09. The minimum Gasteiger partial charge on any atom is -0.365 e. The molecule has 0 saturated carbocycles. The summed E-state index contributed by atoms with van der Waals surface area (Å²) in [6.45, 7) is 3.44. The second-order valence-corrected chi connectivity index (χ2v) is 4.31. The van der Waals surface area contributed by atoms with Gasteiger partial charge in [-0.15, -0.1) is 0 Å². The van der Waals surface area contributed by atoms with E-state index in [1.54, 1.807) is 23.2 Å². The topological polar surface area (TPSA) is 59.8 Å². The fourth-order valence-corrected chi connectivity index (χ4v) is 1.86. The average molecular weight is 258 g/mol. The molecule has 0 bridgehead atoms. The van der Waals surface area contributed by atoms with E-state index in [9.17, 15) is 4.79 Å². The van der Waals surface area contributed by atoms with E-state index in [-0.39, 0.29) is 5.56 Å². The smallest absolute Gasteiger partial charge is 0.293 e. The second kappa shape index (κ2) is 6.68. The highest BCUT2D eigenvalue weighted by Crippen LogP contribution is 1.99. The van der Waals surface area contributed by atoms with Crippen LogP contribution in [0.2, 0.25) is 0 Å². The fraction of sp³-hybridized carbons (Fsp3) is 0.357. The summed E-state index contributed by atoms with van der Waals surface area (Å²) in [4.78, 5) is 20.2. The summed E-state index contributed by atoms with van der Waals surface area (Å²) in [5.41, 5.74) is 1.08. The molecule has 2 rings (SSSR count). The molecule has 0 unspecified atom stereocenters. The maximum absolute atomic E-state index is 12.0. The van der Waals surface area contributed by atoms with Crippen LogP contribution in [-0.4, -0.2) is 21.1 Å². The summed E-state index contributed by atoms with van der Waals surface area (Å²) in [7, 11) is 0. The maximum atomic E-state index is 12.0. The molecule has 0 saturated heterocycles. The van der Waals surface area contributed by atoms with Crippen molar-refractivity contribution < 1.29 is 0 Å². The first-order valence-corrected chi connectivity index (χ1v) is 6.49. The van der Waals surface area contributed by atoms with Gasteiger partial charge in [0, 0.05) is 37.9 Å². The number of hydrogen-bond acceptors (Lipinski definition) is 4. The molecule has 0 aliphatic rings. The van der Waals surface area contributed by atoms with Gasteiger partial charge in [0.05, 0.1) is 0 Å². The van der Waals surface area contributed by atoms with Crippen LogP contribution in [0.25, 0.3) is 0 Å². The van der Waals surface area contributed by atoms with Crippen LogP contribution < -0.4 is 10.9 Å². The summed E-state index contributed by atoms with van der Waals surface area (Å²) >= 11 is 0. The summed E-state index contributed by atoms with van der Waals surface area (Å²) < 4.78 is 1.68. The van der Waals surface area contributed by atoms with Gasteiger partial charge in [0.1, 0.15) is 0 Å². The number of pyridine rings is 1. The van der Waals surface area contributed by atoms with Crippen molar-refractivity contribution in [2.45, 2.75) is 26.3 Å². The molecule has 0 aliphatic heterocycles. The first-order valence-electron chi connectivity index (χ1n) is 6.49. The lowest BCUT2D eigenvalue weighted by Gasteiger charge is -2.08. The van der Waals surface area contributed by atoms with E-state index in [1.165, 1.54) is 0 Å². The number of hydrogen-bond donors (Lipinski definition) is 1. The van der Waals surface area contributed by atoms with Crippen molar-refractivity contribution in [3.63, 3.8) is 0 Å². The number of aromatic nitrogens is 3. The van der Waals surface area contributed by atoms with E-state index in [2.05, 4.69) is 15.3 Å². The molecule has 19 heavy (non-hydrogen) atoms. The standard InChI is InChI=1S/C14H18N4O/c1-2-9-18-10-8-17-13(14(18)19)16-7-5-12-4-3-6-15-11-12/h3-4,6,8,10-11H,2,5,7,9H2,1H3,(H,16,17). The van der Waals surface area contributed by atoms with Gasteiger partial charge in [-0.3, -0.25) is 9.78 Å². The van der Waals surface area contributed by atoms with Gasteiger partial charge in [0.25, 0.3) is 5.56 Å². The highest BCUT2D eigenvalue weighted by molar-refractivity contribution is 5.31. The fourth-order valence-electron chi connectivity index (χ4n) is 1.86. The van der Waals surface area contributed by atoms with Crippen molar-refractivity contribution >= 4 is 5.82 Å². The molecule has 0 spiro atoms. The number of anilines is 1. The van der Waals surface area contributed by atoms with Crippen molar-refractivity contribution in [2.75, 3.05) is 11.9 Å². The zero-order chi connectivity index (χ0) is 13.5. The number of aryl methyl sites for hydroxylation is 1. The quantitative estimate of drug-likeness (QED) is 0.856. The highest BCUT2D eigenvalue weighted by Gasteiger charge is 2.03. The summed E-state index contributed by atoms with van der Waals surface area (Å²) in [5.74, 6) is 0.417. The monoisotopic (exact) mass is 258 g/mol. The van der Waals surface area contributed by atoms with Gasteiger partial charge in [-0.1, -0.05) is 13.0 Å². The molecule has 0 aliphatic carbocycles. The summed E-state index contributed by atoms with van der Waals surface area (Å²) in [6, 6.07) is 3.92. The lowest BCUT2D eigenvalue weighted by molar-refractivity contribution is 0.649. The Morgan fingerprint density at radius 2 is 2.26 bits per heavy atom. The average Bonchev–Trinajstić information content (AvgIpc) is 2.44. The van der Waals surface area contributed by atoms with Crippen molar-refractivity contribution in [3.8, 4) is 0 Å². The second-order valence-electron chi connectivity index (χ2n) is 4.31. The molecule has 0 atom stereocenters. The van der Waals surface area contributed by atoms with E-state index in [4.69, 9.17) is 0 Å². The van der Waals surface area contributed by atoms with E-state index < -0.39 is 0 Å². The van der Waals surface area contributed by atoms with Crippen LogP contribution in [0.5, 0.6) is 0 Å². The predicted molar refractivity (Wildman–Crippen MR) is 75.2 cm³/mol. The van der Waals surface area contributed by atoms with Crippen molar-refractivity contribution in [2.24, 2.45) is 0 Å². The molecular formula is C14H18N4O. The van der Waals surface area contributed by atoms with Crippen molar-refractivity contribution in [3.05, 3.63) is 52.8 Å². The van der Waals surface area contributed by atoms with Gasteiger partial charge in [-0.25, -0.2) is 4.98 Å². The van der Waals surface area contributed by atoms with Crippen LogP contribution in [-0.2, 0) is 13.0 Å². The molecule has 5 nitrogen and oxygen atoms in total. The van der Waals surface area contributed by atoms with Gasteiger partial charge in [0.15, 0.2) is 5.82 Å². The van der Waals surface area contributed by atoms with Crippen LogP contribution in [0.4, 0.5) is 5.82 Å². The zero-order valence-corrected chi connectivity index (χ0v) is 11.0. The van der Waals surface area contributed by atoms with Crippen LogP contribution in [0.15, 0.2) is 41.7 Å². The molecule has 0 radical (unpaired) electrons. The van der Waals surface area contributed by atoms with Gasteiger partial charge in [-0.05, 0) is 24.5 Å². The normalized spacial score (nSPS) is 10.4. The molecular weight excluding hydrogens is 240 g/mol. The van der Waals surface area contributed by atoms with Gasteiger partial charge in [-0.2, -0.15) is 0 Å². The first-order chi connectivity index (χ1) is 9.31.